The molecule has 13 heavy (non-hydrogen) atoms. The van der Waals surface area contributed by atoms with E-state index in [-0.39, 0.29) is 23.3 Å². The largest absolute Gasteiger partial charge is 0.480 e. The fourth-order valence-electron chi connectivity index (χ4n) is 1.10. The second-order valence-electron chi connectivity index (χ2n) is 2.44. The smallest absolute Gasteiger partial charge is 0.295 e. The van der Waals surface area contributed by atoms with Crippen LogP contribution in [0.15, 0.2) is 4.79 Å². The van der Waals surface area contributed by atoms with Crippen LogP contribution in [0.1, 0.15) is 5.69 Å². The standard InChI is InChI=1S/C6H6N4O3/c11-1-2-3-4(10-9-2)7-6(13)8-5(3)12/h11H,1H2,(H3,7,8,9,10,12,13). The fraction of sp³-hybridized carbons (Fsp3) is 0.167. The minimum absolute atomic E-state index is 0.158. The summed E-state index contributed by atoms with van der Waals surface area (Å²) in [6, 6.07) is -0.481. The van der Waals surface area contributed by atoms with E-state index in [1.165, 1.54) is 0 Å². The van der Waals surface area contributed by atoms with Gasteiger partial charge in [-0.1, -0.05) is 0 Å². The van der Waals surface area contributed by atoms with Crippen molar-refractivity contribution >= 4 is 11.0 Å². The average molecular weight is 182 g/mol. The van der Waals surface area contributed by atoms with Crippen LogP contribution in [0.2, 0.25) is 0 Å². The number of H-pyrrole nitrogens is 2. The van der Waals surface area contributed by atoms with Crippen LogP contribution in [0.3, 0.4) is 0 Å². The third-order valence-electron chi connectivity index (χ3n) is 1.64. The normalized spacial score (nSPS) is 10.8. The number of aromatic hydroxyl groups is 1. The van der Waals surface area contributed by atoms with E-state index in [1.807, 2.05) is 0 Å². The van der Waals surface area contributed by atoms with E-state index in [0.717, 1.165) is 0 Å². The lowest BCUT2D eigenvalue weighted by atomic mass is 10.3. The Morgan fingerprint density at radius 2 is 2.23 bits per heavy atom. The number of nitrogens with one attached hydrogen (secondary N) is 2. The first-order valence-corrected chi connectivity index (χ1v) is 3.49. The van der Waals surface area contributed by atoms with Gasteiger partial charge < -0.3 is 10.2 Å². The third-order valence-corrected chi connectivity index (χ3v) is 1.64. The minimum atomic E-state index is -0.527. The van der Waals surface area contributed by atoms with E-state index < -0.39 is 11.6 Å². The highest BCUT2D eigenvalue weighted by molar-refractivity contribution is 5.76. The second-order valence-corrected chi connectivity index (χ2v) is 2.44. The summed E-state index contributed by atoms with van der Waals surface area (Å²) in [5.74, 6) is 0. The van der Waals surface area contributed by atoms with Gasteiger partial charge in [0, 0.05) is 0 Å². The molecule has 0 aliphatic heterocycles. The molecule has 7 heteroatoms. The van der Waals surface area contributed by atoms with Gasteiger partial charge in [-0.15, -0.1) is 0 Å². The predicted octanol–water partition coefficient (Wildman–Crippen LogP) is -1.16. The SMILES string of the molecule is O=c1[nH]c(O)nc2[nH]nc(CO)c12. The molecule has 2 rings (SSSR count). The summed E-state index contributed by atoms with van der Waals surface area (Å²) >= 11 is 0. The first-order valence-electron chi connectivity index (χ1n) is 3.49. The zero-order chi connectivity index (χ0) is 9.42. The highest BCUT2D eigenvalue weighted by Gasteiger charge is 2.10. The van der Waals surface area contributed by atoms with Crippen molar-refractivity contribution in [3.63, 3.8) is 0 Å². The Morgan fingerprint density at radius 3 is 2.92 bits per heavy atom. The maximum absolute atomic E-state index is 11.2. The summed E-state index contributed by atoms with van der Waals surface area (Å²) in [4.78, 5) is 16.9. The number of nitrogens with zero attached hydrogens (tertiary/aromatic N) is 2. The summed E-state index contributed by atoms with van der Waals surface area (Å²) in [6.07, 6.45) is 0. The van der Waals surface area contributed by atoms with E-state index >= 15 is 0 Å². The molecule has 0 aromatic carbocycles. The molecular weight excluding hydrogens is 176 g/mol. The number of aromatic amines is 2. The molecule has 0 unspecified atom stereocenters. The van der Waals surface area contributed by atoms with E-state index in [4.69, 9.17) is 10.2 Å². The third kappa shape index (κ3) is 1.05. The van der Waals surface area contributed by atoms with Gasteiger partial charge in [0.1, 0.15) is 11.1 Å². The van der Waals surface area contributed by atoms with Crippen LogP contribution < -0.4 is 5.56 Å². The molecule has 0 saturated carbocycles. The van der Waals surface area contributed by atoms with Crippen LogP contribution in [0, 0.1) is 0 Å². The van der Waals surface area contributed by atoms with Crippen LogP contribution in [0.5, 0.6) is 6.01 Å². The molecule has 2 aromatic rings. The second kappa shape index (κ2) is 2.56. The summed E-state index contributed by atoms with van der Waals surface area (Å²) in [5.41, 5.74) is -0.158. The number of fused-ring (bicyclic) bond motifs is 1. The number of hydrogen-bond acceptors (Lipinski definition) is 5. The molecule has 2 aromatic heterocycles. The Bertz CT molecular complexity index is 500. The molecule has 0 radical (unpaired) electrons. The van der Waals surface area contributed by atoms with Crippen molar-refractivity contribution in [3.05, 3.63) is 16.0 Å². The topological polar surface area (TPSA) is 115 Å². The highest BCUT2D eigenvalue weighted by atomic mass is 16.3. The first kappa shape index (κ1) is 7.74. The first-order chi connectivity index (χ1) is 6.22. The van der Waals surface area contributed by atoms with Gasteiger partial charge in [0.05, 0.1) is 6.61 Å². The van der Waals surface area contributed by atoms with Crippen molar-refractivity contribution in [2.45, 2.75) is 6.61 Å². The van der Waals surface area contributed by atoms with E-state index in [1.54, 1.807) is 0 Å². The van der Waals surface area contributed by atoms with Crippen molar-refractivity contribution in [2.75, 3.05) is 0 Å². The lowest BCUT2D eigenvalue weighted by Gasteiger charge is -1.90. The van der Waals surface area contributed by atoms with Crippen LogP contribution in [0.25, 0.3) is 11.0 Å². The number of hydrogen-bond donors (Lipinski definition) is 4. The van der Waals surface area contributed by atoms with Crippen molar-refractivity contribution < 1.29 is 10.2 Å². The van der Waals surface area contributed by atoms with Crippen molar-refractivity contribution in [2.24, 2.45) is 0 Å². The number of aliphatic hydroxyl groups excluding tert-OH is 1. The lowest BCUT2D eigenvalue weighted by Crippen LogP contribution is -2.07. The molecule has 68 valence electrons. The van der Waals surface area contributed by atoms with Gasteiger partial charge in [-0.05, 0) is 0 Å². The van der Waals surface area contributed by atoms with Crippen molar-refractivity contribution in [1.82, 2.24) is 20.2 Å². The van der Waals surface area contributed by atoms with E-state index in [9.17, 15) is 4.79 Å². The summed E-state index contributed by atoms with van der Waals surface area (Å²) in [6.45, 7) is -0.352. The Labute approximate surface area is 71.1 Å². The molecule has 4 N–H and O–H groups in total. The molecule has 0 amide bonds. The molecule has 0 saturated heterocycles. The quantitative estimate of drug-likeness (QED) is 0.444. The zero-order valence-corrected chi connectivity index (χ0v) is 6.40. The van der Waals surface area contributed by atoms with Gasteiger partial charge in [-0.2, -0.15) is 10.1 Å². The molecule has 0 fully saturated rings. The Kier molecular flexibility index (Phi) is 1.52. The molecule has 0 aliphatic rings. The van der Waals surface area contributed by atoms with Gasteiger partial charge in [0.2, 0.25) is 0 Å². The Balaban J connectivity index is 2.90. The average Bonchev–Trinajstić information content (AvgIpc) is 2.47. The molecule has 7 nitrogen and oxygen atoms in total. The van der Waals surface area contributed by atoms with E-state index in [0.29, 0.717) is 0 Å². The van der Waals surface area contributed by atoms with Gasteiger partial charge >= 0.3 is 0 Å². The number of rotatable bonds is 1. The lowest BCUT2D eigenvalue weighted by molar-refractivity contribution is 0.278. The summed E-state index contributed by atoms with van der Waals surface area (Å²) < 4.78 is 0. The Morgan fingerprint density at radius 1 is 1.46 bits per heavy atom. The maximum Gasteiger partial charge on any atom is 0.295 e. The van der Waals surface area contributed by atoms with Gasteiger partial charge in [-0.3, -0.25) is 14.9 Å². The van der Waals surface area contributed by atoms with Crippen molar-refractivity contribution in [1.29, 1.82) is 0 Å². The number of aromatic nitrogens is 4. The summed E-state index contributed by atoms with van der Waals surface area (Å²) in [5, 5.41) is 23.9. The zero-order valence-electron chi connectivity index (χ0n) is 6.40. The van der Waals surface area contributed by atoms with Crippen LogP contribution in [-0.4, -0.2) is 30.4 Å². The molecule has 0 spiro atoms. The summed E-state index contributed by atoms with van der Waals surface area (Å²) in [7, 11) is 0. The minimum Gasteiger partial charge on any atom is -0.480 e. The Hall–Kier alpha value is -1.89. The van der Waals surface area contributed by atoms with Gasteiger partial charge in [-0.25, -0.2) is 0 Å². The molecule has 2 heterocycles. The molecule has 0 bridgehead atoms. The highest BCUT2D eigenvalue weighted by Crippen LogP contribution is 2.09. The predicted molar refractivity (Wildman–Crippen MR) is 42.1 cm³/mol. The van der Waals surface area contributed by atoms with Crippen LogP contribution in [-0.2, 0) is 6.61 Å². The van der Waals surface area contributed by atoms with Gasteiger partial charge in [0.15, 0.2) is 5.65 Å². The van der Waals surface area contributed by atoms with E-state index in [2.05, 4.69) is 20.2 Å². The molecular formula is C6H6N4O3. The number of aliphatic hydroxyl groups is 1. The fourth-order valence-corrected chi connectivity index (χ4v) is 1.10. The molecule has 0 atom stereocenters. The van der Waals surface area contributed by atoms with Crippen molar-refractivity contribution in [3.8, 4) is 6.01 Å². The monoisotopic (exact) mass is 182 g/mol. The van der Waals surface area contributed by atoms with Crippen LogP contribution in [0.4, 0.5) is 0 Å². The maximum atomic E-state index is 11.2. The van der Waals surface area contributed by atoms with Gasteiger partial charge in [0.25, 0.3) is 11.6 Å². The van der Waals surface area contributed by atoms with Crippen LogP contribution >= 0.6 is 0 Å². The molecule has 0 aliphatic carbocycles.